The molecular formula is C25H31FN2O2. The zero-order chi connectivity index (χ0) is 20.9. The second kappa shape index (κ2) is 9.61. The molecule has 0 aliphatic carbocycles. The molecule has 0 aromatic heterocycles. The molecule has 1 unspecified atom stereocenters. The molecule has 0 N–H and O–H groups in total. The Balaban J connectivity index is 1.33. The molecular weight excluding hydrogens is 379 g/mol. The van der Waals surface area contributed by atoms with Crippen molar-refractivity contribution >= 4 is 5.91 Å². The van der Waals surface area contributed by atoms with Crippen LogP contribution in [0.2, 0.25) is 0 Å². The van der Waals surface area contributed by atoms with E-state index in [4.69, 9.17) is 4.74 Å². The van der Waals surface area contributed by atoms with Crippen LogP contribution in [0.25, 0.3) is 0 Å². The van der Waals surface area contributed by atoms with Gasteiger partial charge in [-0.1, -0.05) is 30.3 Å². The standard InChI is InChI=1S/C25H31FN2O2/c1-19(18-20-8-2-4-10-23(20)26)27-16-12-21(13-17-27)30-24-11-5-3-9-22(24)25(29)28-14-6-7-15-28/h2-5,8-11,19,21H,6-7,12-18H2,1H3. The highest BCUT2D eigenvalue weighted by atomic mass is 19.1. The number of likely N-dealkylation sites (tertiary alicyclic amines) is 2. The summed E-state index contributed by atoms with van der Waals surface area (Å²) in [5.41, 5.74) is 1.45. The summed E-state index contributed by atoms with van der Waals surface area (Å²) >= 11 is 0. The van der Waals surface area contributed by atoms with E-state index < -0.39 is 0 Å². The summed E-state index contributed by atoms with van der Waals surface area (Å²) in [6.45, 7) is 5.68. The Morgan fingerprint density at radius 1 is 1.03 bits per heavy atom. The van der Waals surface area contributed by atoms with Crippen LogP contribution < -0.4 is 4.74 Å². The van der Waals surface area contributed by atoms with Crippen molar-refractivity contribution < 1.29 is 13.9 Å². The molecule has 2 aromatic rings. The number of halogens is 1. The van der Waals surface area contributed by atoms with E-state index in [1.165, 1.54) is 6.07 Å². The maximum absolute atomic E-state index is 14.0. The number of hydrogen-bond donors (Lipinski definition) is 0. The van der Waals surface area contributed by atoms with Crippen LogP contribution in [0.1, 0.15) is 48.5 Å². The lowest BCUT2D eigenvalue weighted by molar-refractivity contribution is 0.0727. The van der Waals surface area contributed by atoms with Crippen molar-refractivity contribution in [2.24, 2.45) is 0 Å². The van der Waals surface area contributed by atoms with E-state index in [0.29, 0.717) is 17.7 Å². The van der Waals surface area contributed by atoms with Crippen LogP contribution in [0, 0.1) is 5.82 Å². The van der Waals surface area contributed by atoms with Crippen LogP contribution in [0.5, 0.6) is 5.75 Å². The molecule has 2 fully saturated rings. The molecule has 1 amide bonds. The molecule has 4 rings (SSSR count). The van der Waals surface area contributed by atoms with Gasteiger partial charge in [-0.05, 0) is 62.8 Å². The van der Waals surface area contributed by atoms with E-state index in [0.717, 1.165) is 57.4 Å². The highest BCUT2D eigenvalue weighted by Crippen LogP contribution is 2.26. The molecule has 2 aromatic carbocycles. The van der Waals surface area contributed by atoms with Crippen molar-refractivity contribution in [2.45, 2.75) is 51.2 Å². The first kappa shape index (κ1) is 20.9. The summed E-state index contributed by atoms with van der Waals surface area (Å²) in [7, 11) is 0. The normalized spacial score (nSPS) is 19.1. The number of nitrogens with zero attached hydrogens (tertiary/aromatic N) is 2. The van der Waals surface area contributed by atoms with Gasteiger partial charge in [-0.3, -0.25) is 4.79 Å². The van der Waals surface area contributed by atoms with E-state index in [1.54, 1.807) is 6.07 Å². The molecule has 2 aliphatic heterocycles. The van der Waals surface area contributed by atoms with Gasteiger partial charge in [-0.2, -0.15) is 0 Å². The Bertz CT molecular complexity index is 858. The van der Waals surface area contributed by atoms with E-state index in [-0.39, 0.29) is 23.9 Å². The average molecular weight is 411 g/mol. The summed E-state index contributed by atoms with van der Waals surface area (Å²) in [6, 6.07) is 14.9. The van der Waals surface area contributed by atoms with Crippen LogP contribution in [-0.4, -0.2) is 54.0 Å². The Hall–Kier alpha value is -2.40. The summed E-state index contributed by atoms with van der Waals surface area (Å²) in [5, 5.41) is 0. The third kappa shape index (κ3) is 4.84. The van der Waals surface area contributed by atoms with E-state index in [2.05, 4.69) is 11.8 Å². The van der Waals surface area contributed by atoms with Crippen molar-refractivity contribution in [3.63, 3.8) is 0 Å². The minimum Gasteiger partial charge on any atom is -0.489 e. The molecule has 0 bridgehead atoms. The molecule has 4 nitrogen and oxygen atoms in total. The van der Waals surface area contributed by atoms with E-state index in [1.807, 2.05) is 41.3 Å². The molecule has 2 saturated heterocycles. The van der Waals surface area contributed by atoms with Crippen LogP contribution in [0.3, 0.4) is 0 Å². The molecule has 30 heavy (non-hydrogen) atoms. The highest BCUT2D eigenvalue weighted by molar-refractivity contribution is 5.97. The Labute approximate surface area is 178 Å². The summed E-state index contributed by atoms with van der Waals surface area (Å²) in [6.07, 6.45) is 4.80. The van der Waals surface area contributed by atoms with Crippen molar-refractivity contribution in [2.75, 3.05) is 26.2 Å². The molecule has 2 heterocycles. The minimum atomic E-state index is -0.123. The molecule has 0 saturated carbocycles. The number of rotatable bonds is 6. The van der Waals surface area contributed by atoms with Gasteiger partial charge < -0.3 is 14.5 Å². The zero-order valence-corrected chi connectivity index (χ0v) is 17.7. The van der Waals surface area contributed by atoms with Gasteiger partial charge in [0.1, 0.15) is 17.7 Å². The van der Waals surface area contributed by atoms with Gasteiger partial charge in [-0.15, -0.1) is 0 Å². The number of benzene rings is 2. The van der Waals surface area contributed by atoms with Crippen molar-refractivity contribution in [3.05, 3.63) is 65.5 Å². The van der Waals surface area contributed by atoms with Crippen molar-refractivity contribution in [3.8, 4) is 5.75 Å². The second-order valence-electron chi connectivity index (χ2n) is 8.49. The summed E-state index contributed by atoms with van der Waals surface area (Å²) in [5.74, 6) is 0.660. The van der Waals surface area contributed by atoms with Crippen LogP contribution >= 0.6 is 0 Å². The van der Waals surface area contributed by atoms with Crippen molar-refractivity contribution in [1.82, 2.24) is 9.80 Å². The van der Waals surface area contributed by atoms with E-state index >= 15 is 0 Å². The number of carbonyl (C=O) groups is 1. The van der Waals surface area contributed by atoms with Crippen molar-refractivity contribution in [1.29, 1.82) is 0 Å². The number of para-hydroxylation sites is 1. The quantitative estimate of drug-likeness (QED) is 0.701. The molecule has 160 valence electrons. The Morgan fingerprint density at radius 3 is 2.43 bits per heavy atom. The highest BCUT2D eigenvalue weighted by Gasteiger charge is 2.27. The molecule has 1 atom stereocenters. The summed E-state index contributed by atoms with van der Waals surface area (Å²) in [4.78, 5) is 17.2. The van der Waals surface area contributed by atoms with Gasteiger partial charge >= 0.3 is 0 Å². The average Bonchev–Trinajstić information content (AvgIpc) is 3.31. The van der Waals surface area contributed by atoms with E-state index in [9.17, 15) is 9.18 Å². The largest absolute Gasteiger partial charge is 0.489 e. The lowest BCUT2D eigenvalue weighted by Crippen LogP contribution is -2.44. The van der Waals surface area contributed by atoms with Gasteiger partial charge in [0.05, 0.1) is 5.56 Å². The zero-order valence-electron chi connectivity index (χ0n) is 17.7. The molecule has 2 aliphatic rings. The van der Waals surface area contributed by atoms with Crippen LogP contribution in [0.15, 0.2) is 48.5 Å². The molecule has 5 heteroatoms. The molecule has 0 spiro atoms. The number of piperidine rings is 1. The third-order valence-corrected chi connectivity index (χ3v) is 6.38. The number of amides is 1. The maximum atomic E-state index is 14.0. The monoisotopic (exact) mass is 410 g/mol. The van der Waals surface area contributed by atoms with Crippen LogP contribution in [0.4, 0.5) is 4.39 Å². The minimum absolute atomic E-state index is 0.0824. The summed E-state index contributed by atoms with van der Waals surface area (Å²) < 4.78 is 20.3. The maximum Gasteiger partial charge on any atom is 0.257 e. The van der Waals surface area contributed by atoms with Gasteiger partial charge in [0, 0.05) is 32.2 Å². The number of ether oxygens (including phenoxy) is 1. The Kier molecular flexibility index (Phi) is 6.68. The SMILES string of the molecule is CC(Cc1ccccc1F)N1CCC(Oc2ccccc2C(=O)N2CCCC2)CC1. The number of hydrogen-bond acceptors (Lipinski definition) is 3. The van der Waals surface area contributed by atoms with Gasteiger partial charge in [0.2, 0.25) is 0 Å². The van der Waals surface area contributed by atoms with Gasteiger partial charge in [0.25, 0.3) is 5.91 Å². The predicted octanol–water partition coefficient (Wildman–Crippen LogP) is 4.54. The topological polar surface area (TPSA) is 32.8 Å². The fraction of sp³-hybridized carbons (Fsp3) is 0.480. The second-order valence-corrected chi connectivity index (χ2v) is 8.49. The lowest BCUT2D eigenvalue weighted by Gasteiger charge is -2.36. The number of carbonyl (C=O) groups excluding carboxylic acids is 1. The first-order valence-corrected chi connectivity index (χ1v) is 11.1. The fourth-order valence-electron chi connectivity index (χ4n) is 4.56. The molecule has 0 radical (unpaired) electrons. The smallest absolute Gasteiger partial charge is 0.257 e. The Morgan fingerprint density at radius 2 is 1.70 bits per heavy atom. The first-order valence-electron chi connectivity index (χ1n) is 11.1. The fourth-order valence-corrected chi connectivity index (χ4v) is 4.56. The third-order valence-electron chi connectivity index (χ3n) is 6.38. The van der Waals surface area contributed by atoms with Gasteiger partial charge in [0.15, 0.2) is 0 Å². The van der Waals surface area contributed by atoms with Crippen LogP contribution in [-0.2, 0) is 6.42 Å². The first-order chi connectivity index (χ1) is 14.6. The van der Waals surface area contributed by atoms with Gasteiger partial charge in [-0.25, -0.2) is 4.39 Å². The lowest BCUT2D eigenvalue weighted by atomic mass is 10.0. The predicted molar refractivity (Wildman–Crippen MR) is 116 cm³/mol.